The number of methoxy groups -OCH3 is 2. The second-order valence-corrected chi connectivity index (χ2v) is 7.73. The summed E-state index contributed by atoms with van der Waals surface area (Å²) < 4.78 is 22.8. The summed E-state index contributed by atoms with van der Waals surface area (Å²) in [5.41, 5.74) is 2.47. The molecule has 2 aromatic rings. The van der Waals surface area contributed by atoms with E-state index in [1.807, 2.05) is 36.4 Å². The molecule has 0 radical (unpaired) electrons. The second kappa shape index (κ2) is 7.41. The molecule has 0 unspecified atom stereocenters. The zero-order valence-electron chi connectivity index (χ0n) is 16.9. The van der Waals surface area contributed by atoms with Crippen molar-refractivity contribution in [1.82, 2.24) is 0 Å². The van der Waals surface area contributed by atoms with E-state index in [1.165, 1.54) is 0 Å². The SMILES string of the molecule is COc1cc(/C=C/c2ccc(B3OC(C)(C)C(C)(C)O3)cc2)cc(OC)c1. The predicted molar refractivity (Wildman–Crippen MR) is 111 cm³/mol. The van der Waals surface area contributed by atoms with Crippen LogP contribution in [0.25, 0.3) is 12.2 Å². The largest absolute Gasteiger partial charge is 0.497 e. The summed E-state index contributed by atoms with van der Waals surface area (Å²) >= 11 is 0. The molecule has 142 valence electrons. The van der Waals surface area contributed by atoms with Crippen molar-refractivity contribution in [3.8, 4) is 11.5 Å². The third kappa shape index (κ3) is 4.20. The molecule has 1 fully saturated rings. The lowest BCUT2D eigenvalue weighted by Crippen LogP contribution is -2.41. The van der Waals surface area contributed by atoms with Gasteiger partial charge >= 0.3 is 7.12 Å². The lowest BCUT2D eigenvalue weighted by atomic mass is 9.79. The Labute approximate surface area is 162 Å². The highest BCUT2D eigenvalue weighted by Gasteiger charge is 2.51. The highest BCUT2D eigenvalue weighted by molar-refractivity contribution is 6.62. The van der Waals surface area contributed by atoms with Gasteiger partial charge in [0.05, 0.1) is 25.4 Å². The summed E-state index contributed by atoms with van der Waals surface area (Å²) in [6.07, 6.45) is 4.09. The molecule has 2 aromatic carbocycles. The molecular weight excluding hydrogens is 339 g/mol. The van der Waals surface area contributed by atoms with Crippen LogP contribution in [0.5, 0.6) is 11.5 Å². The zero-order valence-corrected chi connectivity index (χ0v) is 16.9. The number of benzene rings is 2. The third-order valence-corrected chi connectivity index (χ3v) is 5.30. The van der Waals surface area contributed by atoms with Gasteiger partial charge in [0.2, 0.25) is 0 Å². The van der Waals surface area contributed by atoms with Crippen molar-refractivity contribution >= 4 is 24.7 Å². The first-order chi connectivity index (χ1) is 12.7. The maximum atomic E-state index is 6.10. The van der Waals surface area contributed by atoms with Crippen molar-refractivity contribution < 1.29 is 18.8 Å². The molecule has 5 heteroatoms. The van der Waals surface area contributed by atoms with Gasteiger partial charge in [-0.25, -0.2) is 0 Å². The molecule has 0 saturated carbocycles. The Kier molecular flexibility index (Phi) is 5.36. The normalized spacial score (nSPS) is 18.1. The van der Waals surface area contributed by atoms with Gasteiger partial charge in [0.15, 0.2) is 0 Å². The molecule has 27 heavy (non-hydrogen) atoms. The molecule has 1 aliphatic heterocycles. The molecule has 0 aromatic heterocycles. The summed E-state index contributed by atoms with van der Waals surface area (Å²) in [4.78, 5) is 0. The van der Waals surface area contributed by atoms with Crippen LogP contribution in [0.3, 0.4) is 0 Å². The van der Waals surface area contributed by atoms with E-state index < -0.39 is 0 Å². The maximum absolute atomic E-state index is 6.10. The monoisotopic (exact) mass is 366 g/mol. The lowest BCUT2D eigenvalue weighted by molar-refractivity contribution is 0.00578. The Hall–Kier alpha value is -2.24. The molecule has 1 aliphatic rings. The van der Waals surface area contributed by atoms with Crippen molar-refractivity contribution in [2.75, 3.05) is 14.2 Å². The minimum atomic E-state index is -0.337. The number of rotatable bonds is 5. The van der Waals surface area contributed by atoms with E-state index in [0.717, 1.165) is 28.1 Å². The van der Waals surface area contributed by atoms with Crippen molar-refractivity contribution in [3.05, 3.63) is 53.6 Å². The quantitative estimate of drug-likeness (QED) is 0.588. The van der Waals surface area contributed by atoms with E-state index in [0.29, 0.717) is 0 Å². The van der Waals surface area contributed by atoms with Crippen LogP contribution in [-0.4, -0.2) is 32.5 Å². The van der Waals surface area contributed by atoms with E-state index >= 15 is 0 Å². The zero-order chi connectivity index (χ0) is 19.7. The van der Waals surface area contributed by atoms with Gasteiger partial charge in [0, 0.05) is 6.07 Å². The Morgan fingerprint density at radius 1 is 0.741 bits per heavy atom. The predicted octanol–water partition coefficient (Wildman–Crippen LogP) is 4.17. The maximum Gasteiger partial charge on any atom is 0.494 e. The fourth-order valence-corrected chi connectivity index (χ4v) is 2.86. The van der Waals surface area contributed by atoms with Crippen LogP contribution in [-0.2, 0) is 9.31 Å². The summed E-state index contributed by atoms with van der Waals surface area (Å²) in [5, 5.41) is 0. The first kappa shape index (κ1) is 19.5. The van der Waals surface area contributed by atoms with Crippen LogP contribution < -0.4 is 14.9 Å². The van der Waals surface area contributed by atoms with E-state index in [9.17, 15) is 0 Å². The highest BCUT2D eigenvalue weighted by atomic mass is 16.7. The Bertz CT molecular complexity index is 786. The van der Waals surface area contributed by atoms with Gasteiger partial charge in [0.25, 0.3) is 0 Å². The van der Waals surface area contributed by atoms with Gasteiger partial charge in [-0.1, -0.05) is 36.4 Å². The van der Waals surface area contributed by atoms with Gasteiger partial charge in [-0.3, -0.25) is 0 Å². The minimum Gasteiger partial charge on any atom is -0.497 e. The Morgan fingerprint density at radius 2 is 1.22 bits per heavy atom. The van der Waals surface area contributed by atoms with Crippen molar-refractivity contribution in [2.45, 2.75) is 38.9 Å². The standard InChI is InChI=1S/C22H27BO4/c1-21(2)22(3,4)27-23(26-21)18-11-9-16(10-12-18)7-8-17-13-19(24-5)15-20(14-17)25-6/h7-15H,1-6H3/b8-7+. The third-order valence-electron chi connectivity index (χ3n) is 5.30. The molecular formula is C22H27BO4. The first-order valence-electron chi connectivity index (χ1n) is 9.11. The van der Waals surface area contributed by atoms with Crippen LogP contribution in [0.1, 0.15) is 38.8 Å². The molecule has 0 amide bonds. The van der Waals surface area contributed by atoms with Crippen LogP contribution in [0.15, 0.2) is 42.5 Å². The molecule has 0 spiro atoms. The first-order valence-corrected chi connectivity index (χ1v) is 9.11. The Morgan fingerprint density at radius 3 is 1.70 bits per heavy atom. The smallest absolute Gasteiger partial charge is 0.494 e. The Balaban J connectivity index is 1.74. The fraction of sp³-hybridized carbons (Fsp3) is 0.364. The van der Waals surface area contributed by atoms with Crippen LogP contribution in [0.4, 0.5) is 0 Å². The van der Waals surface area contributed by atoms with Crippen LogP contribution in [0, 0.1) is 0 Å². The van der Waals surface area contributed by atoms with Crippen molar-refractivity contribution in [3.63, 3.8) is 0 Å². The van der Waals surface area contributed by atoms with Crippen LogP contribution >= 0.6 is 0 Å². The summed E-state index contributed by atoms with van der Waals surface area (Å²) in [5.74, 6) is 1.54. The van der Waals surface area contributed by atoms with Gasteiger partial charge in [0.1, 0.15) is 11.5 Å². The summed E-state index contributed by atoms with van der Waals surface area (Å²) in [6, 6.07) is 14.0. The van der Waals surface area contributed by atoms with E-state index in [4.69, 9.17) is 18.8 Å². The molecule has 0 atom stereocenters. The van der Waals surface area contributed by atoms with Crippen molar-refractivity contribution in [1.29, 1.82) is 0 Å². The molecule has 1 heterocycles. The van der Waals surface area contributed by atoms with Gasteiger partial charge in [-0.15, -0.1) is 0 Å². The van der Waals surface area contributed by atoms with Gasteiger partial charge in [-0.05, 0) is 56.4 Å². The number of hydrogen-bond acceptors (Lipinski definition) is 4. The summed E-state index contributed by atoms with van der Waals surface area (Å²) in [7, 11) is 2.96. The molecule has 4 nitrogen and oxygen atoms in total. The minimum absolute atomic E-state index is 0.332. The number of hydrogen-bond donors (Lipinski definition) is 0. The summed E-state index contributed by atoms with van der Waals surface area (Å²) in [6.45, 7) is 8.25. The van der Waals surface area contributed by atoms with E-state index in [-0.39, 0.29) is 18.3 Å². The highest BCUT2D eigenvalue weighted by Crippen LogP contribution is 2.36. The van der Waals surface area contributed by atoms with Gasteiger partial charge in [-0.2, -0.15) is 0 Å². The molecule has 0 aliphatic carbocycles. The topological polar surface area (TPSA) is 36.9 Å². The fourth-order valence-electron chi connectivity index (χ4n) is 2.86. The average molecular weight is 366 g/mol. The molecule has 0 bridgehead atoms. The average Bonchev–Trinajstić information content (AvgIpc) is 2.87. The lowest BCUT2D eigenvalue weighted by Gasteiger charge is -2.32. The molecule has 0 N–H and O–H groups in total. The number of ether oxygens (including phenoxy) is 2. The molecule has 3 rings (SSSR count). The van der Waals surface area contributed by atoms with E-state index in [1.54, 1.807) is 14.2 Å². The second-order valence-electron chi connectivity index (χ2n) is 7.73. The van der Waals surface area contributed by atoms with Gasteiger partial charge < -0.3 is 18.8 Å². The molecule has 1 saturated heterocycles. The van der Waals surface area contributed by atoms with Crippen LogP contribution in [0.2, 0.25) is 0 Å². The van der Waals surface area contributed by atoms with Crippen molar-refractivity contribution in [2.24, 2.45) is 0 Å². The van der Waals surface area contributed by atoms with E-state index in [2.05, 4.69) is 45.9 Å².